The fourth-order valence-corrected chi connectivity index (χ4v) is 2.79. The van der Waals surface area contributed by atoms with Gasteiger partial charge in [0, 0.05) is 18.8 Å². The van der Waals surface area contributed by atoms with Crippen molar-refractivity contribution >= 4 is 5.91 Å². The first-order valence-electron chi connectivity index (χ1n) is 8.15. The van der Waals surface area contributed by atoms with Crippen molar-refractivity contribution in [3.05, 3.63) is 51.6 Å². The zero-order valence-electron chi connectivity index (χ0n) is 13.6. The second-order valence-corrected chi connectivity index (χ2v) is 5.58. The quantitative estimate of drug-likeness (QED) is 0.853. The number of hydrogen-bond donors (Lipinski definition) is 1. The molecule has 0 saturated carbocycles. The smallest absolute Gasteiger partial charge is 0.267 e. The van der Waals surface area contributed by atoms with Crippen molar-refractivity contribution in [2.75, 3.05) is 13.2 Å². The first kappa shape index (κ1) is 16.2. The van der Waals surface area contributed by atoms with E-state index < -0.39 is 0 Å². The molecule has 1 aliphatic carbocycles. The maximum Gasteiger partial charge on any atom is 0.267 e. The van der Waals surface area contributed by atoms with Crippen LogP contribution in [-0.4, -0.2) is 33.8 Å². The second-order valence-electron chi connectivity index (χ2n) is 5.58. The summed E-state index contributed by atoms with van der Waals surface area (Å²) in [6, 6.07) is 5.00. The minimum Gasteiger partial charge on any atom is -0.477 e. The fraction of sp³-hybridized carbons (Fsp3) is 0.412. The van der Waals surface area contributed by atoms with Crippen LogP contribution >= 0.6 is 0 Å². The van der Waals surface area contributed by atoms with E-state index in [1.165, 1.54) is 4.68 Å². The van der Waals surface area contributed by atoms with Crippen molar-refractivity contribution in [1.82, 2.24) is 20.1 Å². The number of amides is 1. The van der Waals surface area contributed by atoms with Gasteiger partial charge in [-0.1, -0.05) is 0 Å². The minimum absolute atomic E-state index is 0.124. The van der Waals surface area contributed by atoms with Crippen LogP contribution in [0.5, 0.6) is 5.88 Å². The van der Waals surface area contributed by atoms with Gasteiger partial charge in [0.2, 0.25) is 5.88 Å². The summed E-state index contributed by atoms with van der Waals surface area (Å²) in [6.45, 7) is 2.92. The average molecular weight is 328 g/mol. The Morgan fingerprint density at radius 3 is 3.12 bits per heavy atom. The molecule has 0 aliphatic heterocycles. The van der Waals surface area contributed by atoms with Crippen LogP contribution in [0.2, 0.25) is 0 Å². The van der Waals surface area contributed by atoms with Crippen LogP contribution in [0.25, 0.3) is 0 Å². The van der Waals surface area contributed by atoms with Gasteiger partial charge in [0.25, 0.3) is 11.5 Å². The summed E-state index contributed by atoms with van der Waals surface area (Å²) in [7, 11) is 0. The summed E-state index contributed by atoms with van der Waals surface area (Å²) < 4.78 is 6.77. The zero-order valence-corrected chi connectivity index (χ0v) is 13.6. The maximum absolute atomic E-state index is 12.3. The van der Waals surface area contributed by atoms with E-state index in [0.717, 1.165) is 30.5 Å². The zero-order chi connectivity index (χ0) is 16.9. The van der Waals surface area contributed by atoms with Gasteiger partial charge in [0.1, 0.15) is 5.56 Å². The molecule has 2 aromatic rings. The largest absolute Gasteiger partial charge is 0.477 e. The highest BCUT2D eigenvalue weighted by Crippen LogP contribution is 2.17. The van der Waals surface area contributed by atoms with Crippen molar-refractivity contribution in [2.24, 2.45) is 0 Å². The van der Waals surface area contributed by atoms with Crippen molar-refractivity contribution < 1.29 is 9.53 Å². The van der Waals surface area contributed by atoms with Crippen LogP contribution in [0.1, 0.15) is 35.0 Å². The molecule has 0 unspecified atom stereocenters. The number of nitrogens with zero attached hydrogens (tertiary/aromatic N) is 3. The van der Waals surface area contributed by atoms with Gasteiger partial charge in [0.05, 0.1) is 18.8 Å². The lowest BCUT2D eigenvalue weighted by molar-refractivity contribution is 0.0947. The first-order valence-corrected chi connectivity index (χ1v) is 8.15. The van der Waals surface area contributed by atoms with Crippen LogP contribution in [0.3, 0.4) is 0 Å². The molecule has 24 heavy (non-hydrogen) atoms. The lowest BCUT2D eigenvalue weighted by Crippen LogP contribution is -2.32. The molecule has 1 amide bonds. The highest BCUT2D eigenvalue weighted by molar-refractivity contribution is 5.96. The summed E-state index contributed by atoms with van der Waals surface area (Å²) in [4.78, 5) is 28.3. The molecule has 7 heteroatoms. The number of rotatable bonds is 6. The van der Waals surface area contributed by atoms with E-state index in [9.17, 15) is 9.59 Å². The Balaban J connectivity index is 1.63. The van der Waals surface area contributed by atoms with Gasteiger partial charge in [-0.2, -0.15) is 5.10 Å². The fourth-order valence-electron chi connectivity index (χ4n) is 2.79. The normalized spacial score (nSPS) is 12.7. The highest BCUT2D eigenvalue weighted by Gasteiger charge is 2.15. The number of carbonyl (C=O) groups is 1. The lowest BCUT2D eigenvalue weighted by Gasteiger charge is -2.10. The second kappa shape index (κ2) is 7.25. The monoisotopic (exact) mass is 328 g/mol. The third-order valence-corrected chi connectivity index (χ3v) is 3.93. The van der Waals surface area contributed by atoms with Crippen LogP contribution < -0.4 is 15.6 Å². The standard InChI is InChI=1S/C17H20N4O3/c1-2-24-17-13(6-4-8-19-17)16(23)18-9-10-21-15(22)11-12-5-3-7-14(12)20-21/h4,6,8,11H,2-3,5,7,9-10H2,1H3,(H,18,23). The Hall–Kier alpha value is -2.70. The number of ether oxygens (including phenoxy) is 1. The molecular formula is C17H20N4O3. The highest BCUT2D eigenvalue weighted by atomic mass is 16.5. The molecule has 1 aliphatic rings. The van der Waals surface area contributed by atoms with E-state index in [2.05, 4.69) is 15.4 Å². The van der Waals surface area contributed by atoms with Crippen LogP contribution in [0.4, 0.5) is 0 Å². The van der Waals surface area contributed by atoms with Crippen LogP contribution in [0.15, 0.2) is 29.2 Å². The van der Waals surface area contributed by atoms with E-state index in [0.29, 0.717) is 31.1 Å². The molecule has 0 spiro atoms. The molecule has 0 fully saturated rings. The Morgan fingerprint density at radius 2 is 2.29 bits per heavy atom. The molecular weight excluding hydrogens is 308 g/mol. The van der Waals surface area contributed by atoms with E-state index in [1.54, 1.807) is 24.4 Å². The van der Waals surface area contributed by atoms with Gasteiger partial charge < -0.3 is 10.1 Å². The van der Waals surface area contributed by atoms with Gasteiger partial charge >= 0.3 is 0 Å². The number of nitrogens with one attached hydrogen (secondary N) is 1. The van der Waals surface area contributed by atoms with Crippen molar-refractivity contribution in [3.63, 3.8) is 0 Å². The predicted molar refractivity (Wildman–Crippen MR) is 88.3 cm³/mol. The van der Waals surface area contributed by atoms with E-state index in [4.69, 9.17) is 4.74 Å². The Bertz CT molecular complexity index is 801. The molecule has 3 rings (SSSR count). The number of carbonyl (C=O) groups excluding carboxylic acids is 1. The Morgan fingerprint density at radius 1 is 1.42 bits per heavy atom. The molecule has 2 aromatic heterocycles. The van der Waals surface area contributed by atoms with Crippen molar-refractivity contribution in [3.8, 4) is 5.88 Å². The summed E-state index contributed by atoms with van der Waals surface area (Å²) >= 11 is 0. The number of pyridine rings is 1. The first-order chi connectivity index (χ1) is 11.7. The van der Waals surface area contributed by atoms with E-state index in [1.807, 2.05) is 6.92 Å². The van der Waals surface area contributed by atoms with Gasteiger partial charge in [-0.3, -0.25) is 9.59 Å². The molecule has 126 valence electrons. The Labute approximate surface area is 139 Å². The van der Waals surface area contributed by atoms with Gasteiger partial charge in [0.15, 0.2) is 0 Å². The number of fused-ring (bicyclic) bond motifs is 1. The molecule has 1 N–H and O–H groups in total. The van der Waals surface area contributed by atoms with Crippen molar-refractivity contribution in [1.29, 1.82) is 0 Å². The van der Waals surface area contributed by atoms with Gasteiger partial charge in [-0.05, 0) is 43.9 Å². The lowest BCUT2D eigenvalue weighted by atomic mass is 10.2. The molecule has 0 saturated heterocycles. The summed E-state index contributed by atoms with van der Waals surface area (Å²) in [6.07, 6.45) is 4.46. The predicted octanol–water partition coefficient (Wildman–Crippen LogP) is 0.956. The number of aryl methyl sites for hydroxylation is 2. The summed E-state index contributed by atoms with van der Waals surface area (Å²) in [5, 5.41) is 7.17. The molecule has 0 radical (unpaired) electrons. The van der Waals surface area contributed by atoms with Gasteiger partial charge in [-0.25, -0.2) is 9.67 Å². The topological polar surface area (TPSA) is 86.1 Å². The Kier molecular flexibility index (Phi) is 4.88. The maximum atomic E-state index is 12.3. The molecule has 2 heterocycles. The third-order valence-electron chi connectivity index (χ3n) is 3.93. The van der Waals surface area contributed by atoms with Gasteiger partial charge in [-0.15, -0.1) is 0 Å². The van der Waals surface area contributed by atoms with Crippen LogP contribution in [0, 0.1) is 0 Å². The van der Waals surface area contributed by atoms with E-state index >= 15 is 0 Å². The molecule has 0 atom stereocenters. The number of hydrogen-bond acceptors (Lipinski definition) is 5. The number of aromatic nitrogens is 3. The minimum atomic E-state index is -0.277. The average Bonchev–Trinajstić information content (AvgIpc) is 3.02. The molecule has 0 bridgehead atoms. The van der Waals surface area contributed by atoms with Crippen molar-refractivity contribution in [2.45, 2.75) is 32.7 Å². The molecule has 7 nitrogen and oxygen atoms in total. The SMILES string of the molecule is CCOc1ncccc1C(=O)NCCn1nc2c(cc1=O)CCC2. The third kappa shape index (κ3) is 3.45. The molecule has 0 aromatic carbocycles. The summed E-state index contributed by atoms with van der Waals surface area (Å²) in [5.74, 6) is 0.0334. The summed E-state index contributed by atoms with van der Waals surface area (Å²) in [5.41, 5.74) is 2.30. The van der Waals surface area contributed by atoms with E-state index in [-0.39, 0.29) is 11.5 Å². The van der Waals surface area contributed by atoms with Crippen LogP contribution in [-0.2, 0) is 19.4 Å².